The lowest BCUT2D eigenvalue weighted by molar-refractivity contribution is 0.515. The zero-order valence-electron chi connectivity index (χ0n) is 15.5. The highest BCUT2D eigenvalue weighted by Gasteiger charge is 2.21. The Morgan fingerprint density at radius 3 is 2.64 bits per heavy atom. The summed E-state index contributed by atoms with van der Waals surface area (Å²) in [5, 5.41) is 0.444. The molecule has 0 aliphatic rings. The molecule has 28 heavy (non-hydrogen) atoms. The average molecular weight is 383 g/mol. The smallest absolute Gasteiger partial charge is 0.248 e. The van der Waals surface area contributed by atoms with Gasteiger partial charge in [0.15, 0.2) is 22.9 Å². The molecule has 0 aliphatic heterocycles. The van der Waals surface area contributed by atoms with Crippen molar-refractivity contribution in [3.05, 3.63) is 64.0 Å². The van der Waals surface area contributed by atoms with Crippen LogP contribution in [0, 0.1) is 11.6 Å². The number of aromatic nitrogens is 5. The van der Waals surface area contributed by atoms with Gasteiger partial charge in [0.2, 0.25) is 5.56 Å². The number of nitrogens with zero attached hydrogens (tertiary/aromatic N) is 4. The molecule has 0 fully saturated rings. The zero-order valence-corrected chi connectivity index (χ0v) is 15.5. The van der Waals surface area contributed by atoms with E-state index in [1.165, 1.54) is 12.1 Å². The van der Waals surface area contributed by atoms with Crippen LogP contribution in [0.25, 0.3) is 22.2 Å². The van der Waals surface area contributed by atoms with E-state index in [1.807, 2.05) is 4.57 Å². The fourth-order valence-corrected chi connectivity index (χ4v) is 3.63. The Morgan fingerprint density at radius 1 is 1.14 bits per heavy atom. The maximum Gasteiger partial charge on any atom is 0.248 e. The molecule has 1 N–H and O–H groups in total. The van der Waals surface area contributed by atoms with E-state index in [2.05, 4.69) is 33.8 Å². The van der Waals surface area contributed by atoms with E-state index in [1.54, 1.807) is 12.4 Å². The fourth-order valence-electron chi connectivity index (χ4n) is 3.63. The molecule has 4 aromatic rings. The van der Waals surface area contributed by atoms with E-state index in [-0.39, 0.29) is 18.0 Å². The van der Waals surface area contributed by atoms with Crippen LogP contribution in [0.2, 0.25) is 0 Å². The average Bonchev–Trinajstić information content (AvgIpc) is 3.04. The minimum absolute atomic E-state index is 0.137. The summed E-state index contributed by atoms with van der Waals surface area (Å²) in [6.45, 7) is 4.42. The number of benzene rings is 1. The molecule has 0 radical (unpaired) electrons. The van der Waals surface area contributed by atoms with Crippen LogP contribution in [0.3, 0.4) is 0 Å². The molecular formula is C20H19F2N5O. The predicted molar refractivity (Wildman–Crippen MR) is 102 cm³/mol. The molecule has 8 heteroatoms. The summed E-state index contributed by atoms with van der Waals surface area (Å²) in [6.07, 6.45) is 4.94. The van der Waals surface area contributed by atoms with Gasteiger partial charge in [0.1, 0.15) is 5.82 Å². The molecule has 4 rings (SSSR count). The Bertz CT molecular complexity index is 1230. The predicted octanol–water partition coefficient (Wildman–Crippen LogP) is 3.90. The minimum Gasteiger partial charge on any atom is -0.319 e. The van der Waals surface area contributed by atoms with Crippen LogP contribution in [-0.4, -0.2) is 24.5 Å². The Balaban J connectivity index is 1.95. The highest BCUT2D eigenvalue weighted by Crippen LogP contribution is 2.28. The van der Waals surface area contributed by atoms with E-state index >= 15 is 0 Å². The molecule has 0 unspecified atom stereocenters. The Morgan fingerprint density at radius 2 is 1.89 bits per heavy atom. The second kappa shape index (κ2) is 7.10. The fraction of sp³-hybridized carbons (Fsp3) is 0.300. The number of rotatable bonds is 5. The van der Waals surface area contributed by atoms with E-state index in [0.717, 1.165) is 24.7 Å². The van der Waals surface area contributed by atoms with Crippen molar-refractivity contribution < 1.29 is 8.78 Å². The topological polar surface area (TPSA) is 76.5 Å². The van der Waals surface area contributed by atoms with Gasteiger partial charge in [-0.05, 0) is 30.5 Å². The van der Waals surface area contributed by atoms with Gasteiger partial charge in [0.05, 0.1) is 12.1 Å². The highest BCUT2D eigenvalue weighted by molar-refractivity contribution is 5.82. The number of aromatic amines is 1. The van der Waals surface area contributed by atoms with Gasteiger partial charge in [-0.15, -0.1) is 0 Å². The van der Waals surface area contributed by atoms with Gasteiger partial charge in [0, 0.05) is 29.8 Å². The summed E-state index contributed by atoms with van der Waals surface area (Å²) < 4.78 is 29.8. The largest absolute Gasteiger partial charge is 0.319 e. The van der Waals surface area contributed by atoms with Crippen molar-refractivity contribution in [1.29, 1.82) is 0 Å². The van der Waals surface area contributed by atoms with Crippen LogP contribution in [0.15, 0.2) is 35.4 Å². The van der Waals surface area contributed by atoms with Gasteiger partial charge < -0.3 is 9.55 Å². The van der Waals surface area contributed by atoms with Gasteiger partial charge in [-0.2, -0.15) is 0 Å². The number of nitrogens with one attached hydrogen (secondary N) is 1. The van der Waals surface area contributed by atoms with E-state index in [4.69, 9.17) is 0 Å². The van der Waals surface area contributed by atoms with Crippen LogP contribution < -0.4 is 5.56 Å². The molecule has 0 spiro atoms. The van der Waals surface area contributed by atoms with Crippen molar-refractivity contribution in [1.82, 2.24) is 24.5 Å². The summed E-state index contributed by atoms with van der Waals surface area (Å²) >= 11 is 0. The first-order valence-electron chi connectivity index (χ1n) is 9.20. The third-order valence-electron chi connectivity index (χ3n) is 5.09. The number of pyridine rings is 1. The lowest BCUT2D eigenvalue weighted by Gasteiger charge is -2.16. The molecule has 0 atom stereocenters. The maximum atomic E-state index is 14.2. The monoisotopic (exact) mass is 383 g/mol. The van der Waals surface area contributed by atoms with Crippen molar-refractivity contribution in [3.63, 3.8) is 0 Å². The number of hydrogen-bond acceptors (Lipinski definition) is 4. The van der Waals surface area contributed by atoms with Crippen LogP contribution in [-0.2, 0) is 6.54 Å². The molecule has 0 aliphatic carbocycles. The van der Waals surface area contributed by atoms with Gasteiger partial charge in [-0.1, -0.05) is 13.8 Å². The number of hydrogen-bond donors (Lipinski definition) is 1. The standard InChI is InChI=1S/C20H19F2N5O/c1-3-11(4-2)19-26-18-20(24-8-7-23-18)27(19)10-12-9-15(28)25-17-13(12)5-6-14(21)16(17)22/h5-9,11H,3-4,10H2,1-2H3,(H,25,28). The van der Waals surface area contributed by atoms with Gasteiger partial charge in [-0.3, -0.25) is 4.79 Å². The normalized spacial score (nSPS) is 11.8. The molecule has 3 aromatic heterocycles. The second-order valence-electron chi connectivity index (χ2n) is 6.72. The summed E-state index contributed by atoms with van der Waals surface area (Å²) in [6, 6.07) is 3.94. The number of imidazole rings is 1. The molecule has 0 saturated carbocycles. The number of halogens is 2. The van der Waals surface area contributed by atoms with Crippen LogP contribution in [0.1, 0.15) is 44.0 Å². The first-order valence-corrected chi connectivity index (χ1v) is 9.20. The van der Waals surface area contributed by atoms with E-state index < -0.39 is 17.2 Å². The third kappa shape index (κ3) is 2.94. The third-order valence-corrected chi connectivity index (χ3v) is 5.09. The molecule has 6 nitrogen and oxygen atoms in total. The molecule has 1 aromatic carbocycles. The molecule has 0 saturated heterocycles. The number of H-pyrrole nitrogens is 1. The lowest BCUT2D eigenvalue weighted by Crippen LogP contribution is -2.14. The summed E-state index contributed by atoms with van der Waals surface area (Å²) in [5.41, 5.74) is 1.06. The Hall–Kier alpha value is -3.16. The molecular weight excluding hydrogens is 364 g/mol. The maximum absolute atomic E-state index is 14.2. The lowest BCUT2D eigenvalue weighted by atomic mass is 10.0. The molecule has 0 amide bonds. The zero-order chi connectivity index (χ0) is 19.8. The summed E-state index contributed by atoms with van der Waals surface area (Å²) in [5.74, 6) is -1.05. The van der Waals surface area contributed by atoms with E-state index in [9.17, 15) is 13.6 Å². The van der Waals surface area contributed by atoms with Crippen molar-refractivity contribution in [2.45, 2.75) is 39.2 Å². The quantitative estimate of drug-likeness (QED) is 0.567. The molecule has 144 valence electrons. The van der Waals surface area contributed by atoms with Crippen LogP contribution in [0.4, 0.5) is 8.78 Å². The van der Waals surface area contributed by atoms with Crippen molar-refractivity contribution in [2.24, 2.45) is 0 Å². The van der Waals surface area contributed by atoms with Gasteiger partial charge >= 0.3 is 0 Å². The van der Waals surface area contributed by atoms with Crippen LogP contribution >= 0.6 is 0 Å². The first kappa shape index (κ1) is 18.2. The minimum atomic E-state index is -1.06. The van der Waals surface area contributed by atoms with Crippen molar-refractivity contribution in [2.75, 3.05) is 0 Å². The van der Waals surface area contributed by atoms with Gasteiger partial charge in [-0.25, -0.2) is 23.7 Å². The molecule has 0 bridgehead atoms. The molecule has 3 heterocycles. The van der Waals surface area contributed by atoms with Crippen molar-refractivity contribution >= 4 is 22.2 Å². The van der Waals surface area contributed by atoms with E-state index in [0.29, 0.717) is 22.2 Å². The second-order valence-corrected chi connectivity index (χ2v) is 6.72. The highest BCUT2D eigenvalue weighted by atomic mass is 19.2. The summed E-state index contributed by atoms with van der Waals surface area (Å²) in [4.78, 5) is 27.8. The Labute approximate surface area is 159 Å². The Kier molecular flexibility index (Phi) is 4.62. The summed E-state index contributed by atoms with van der Waals surface area (Å²) in [7, 11) is 0. The van der Waals surface area contributed by atoms with Crippen molar-refractivity contribution in [3.8, 4) is 0 Å². The first-order chi connectivity index (χ1) is 13.5. The van der Waals surface area contributed by atoms with Gasteiger partial charge in [0.25, 0.3) is 0 Å². The van der Waals surface area contributed by atoms with Crippen LogP contribution in [0.5, 0.6) is 0 Å². The number of fused-ring (bicyclic) bond motifs is 2. The SMILES string of the molecule is CCC(CC)c1nc2nccnc2n1Cc1cc(=O)[nH]c2c(F)c(F)ccc12.